The van der Waals surface area contributed by atoms with Crippen molar-refractivity contribution in [3.8, 4) is 11.8 Å². The maximum Gasteiger partial charge on any atom is 0.339 e. The van der Waals surface area contributed by atoms with Crippen LogP contribution in [0, 0.1) is 11.3 Å². The van der Waals surface area contributed by atoms with Gasteiger partial charge in [0.2, 0.25) is 0 Å². The van der Waals surface area contributed by atoms with E-state index in [1.165, 1.54) is 30.3 Å². The Bertz CT molecular complexity index is 1210. The summed E-state index contributed by atoms with van der Waals surface area (Å²) in [6.07, 6.45) is 1.19. The molecule has 0 radical (unpaired) electrons. The molecule has 3 aromatic rings. The zero-order valence-electron chi connectivity index (χ0n) is 14.0. The van der Waals surface area contributed by atoms with Gasteiger partial charge in [-0.05, 0) is 35.0 Å². The van der Waals surface area contributed by atoms with E-state index in [9.17, 15) is 13.2 Å². The molecule has 0 unspecified atom stereocenters. The van der Waals surface area contributed by atoms with Gasteiger partial charge in [0.05, 0.1) is 0 Å². The van der Waals surface area contributed by atoms with Crippen LogP contribution < -0.4 is 9.92 Å². The quantitative estimate of drug-likeness (QED) is 0.417. The van der Waals surface area contributed by atoms with Crippen LogP contribution in [0.4, 0.5) is 0 Å². The number of nitrogens with two attached hydrogens (primary N) is 1. The second-order valence-corrected chi connectivity index (χ2v) is 7.16. The minimum Gasteiger partial charge on any atom is -0.378 e. The standard InChI is InChI=1S/C20H14N2O4S/c21-13-17(20(22)23)11-16-7-3-4-8-19(16)26-27(24,25)18-10-9-14-5-1-2-6-15(14)12-18/h1-12H,(H2,22,23). The van der Waals surface area contributed by atoms with E-state index in [0.29, 0.717) is 0 Å². The summed E-state index contributed by atoms with van der Waals surface area (Å²) in [5, 5.41) is 10.6. The topological polar surface area (TPSA) is 110 Å². The van der Waals surface area contributed by atoms with Gasteiger partial charge in [-0.3, -0.25) is 4.79 Å². The molecule has 0 atom stereocenters. The minimum absolute atomic E-state index is 0.00427. The fraction of sp³-hybridized carbons (Fsp3) is 0. The molecule has 0 fully saturated rings. The average Bonchev–Trinajstić information content (AvgIpc) is 2.66. The number of carbonyl (C=O) groups is 1. The van der Waals surface area contributed by atoms with Crippen molar-refractivity contribution in [3.05, 3.63) is 77.9 Å². The molecule has 0 aliphatic heterocycles. The van der Waals surface area contributed by atoms with E-state index in [1.54, 1.807) is 30.3 Å². The lowest BCUT2D eigenvalue weighted by molar-refractivity contribution is -0.114. The summed E-state index contributed by atoms with van der Waals surface area (Å²) in [5.74, 6) is -0.927. The third-order valence-corrected chi connectivity index (χ3v) is 5.04. The highest BCUT2D eigenvalue weighted by molar-refractivity contribution is 7.87. The van der Waals surface area contributed by atoms with Gasteiger partial charge in [-0.15, -0.1) is 0 Å². The molecule has 0 aromatic heterocycles. The number of amides is 1. The smallest absolute Gasteiger partial charge is 0.339 e. The highest BCUT2D eigenvalue weighted by Crippen LogP contribution is 2.26. The molecule has 0 spiro atoms. The Labute approximate surface area is 156 Å². The second kappa shape index (κ2) is 7.32. The molecule has 0 aliphatic carbocycles. The van der Waals surface area contributed by atoms with Crippen LogP contribution in [0.25, 0.3) is 16.8 Å². The normalized spacial score (nSPS) is 11.7. The van der Waals surface area contributed by atoms with Gasteiger partial charge >= 0.3 is 10.1 Å². The summed E-state index contributed by atoms with van der Waals surface area (Å²) in [6, 6.07) is 19.9. The molecule has 0 saturated carbocycles. The van der Waals surface area contributed by atoms with Gasteiger partial charge in [-0.25, -0.2) is 0 Å². The van der Waals surface area contributed by atoms with Crippen molar-refractivity contribution >= 4 is 32.9 Å². The summed E-state index contributed by atoms with van der Waals surface area (Å²) in [6.45, 7) is 0. The van der Waals surface area contributed by atoms with Crippen LogP contribution in [-0.4, -0.2) is 14.3 Å². The highest BCUT2D eigenvalue weighted by atomic mass is 32.2. The zero-order valence-corrected chi connectivity index (χ0v) is 14.8. The molecule has 2 N–H and O–H groups in total. The van der Waals surface area contributed by atoms with E-state index in [4.69, 9.17) is 15.2 Å². The summed E-state index contributed by atoms with van der Waals surface area (Å²) >= 11 is 0. The Morgan fingerprint density at radius 2 is 1.67 bits per heavy atom. The largest absolute Gasteiger partial charge is 0.378 e. The number of nitrogens with zero attached hydrogens (tertiary/aromatic N) is 1. The van der Waals surface area contributed by atoms with Gasteiger partial charge in [0.15, 0.2) is 0 Å². The lowest BCUT2D eigenvalue weighted by Crippen LogP contribution is -2.13. The van der Waals surface area contributed by atoms with Crippen molar-refractivity contribution in [1.82, 2.24) is 0 Å². The second-order valence-electron chi connectivity index (χ2n) is 5.62. The first kappa shape index (κ1) is 18.2. The van der Waals surface area contributed by atoms with Crippen molar-refractivity contribution in [2.45, 2.75) is 4.90 Å². The Hall–Kier alpha value is -3.63. The highest BCUT2D eigenvalue weighted by Gasteiger charge is 2.19. The first-order valence-corrected chi connectivity index (χ1v) is 9.25. The summed E-state index contributed by atoms with van der Waals surface area (Å²) in [4.78, 5) is 11.2. The monoisotopic (exact) mass is 378 g/mol. The van der Waals surface area contributed by atoms with E-state index in [2.05, 4.69) is 0 Å². The van der Waals surface area contributed by atoms with Crippen molar-refractivity contribution in [1.29, 1.82) is 5.26 Å². The maximum absolute atomic E-state index is 12.7. The Balaban J connectivity index is 2.01. The van der Waals surface area contributed by atoms with Gasteiger partial charge < -0.3 is 9.92 Å². The number of nitriles is 1. The maximum atomic E-state index is 12.7. The van der Waals surface area contributed by atoms with E-state index in [-0.39, 0.29) is 21.8 Å². The number of rotatable bonds is 5. The fourth-order valence-electron chi connectivity index (χ4n) is 2.48. The van der Waals surface area contributed by atoms with Crippen LogP contribution in [0.3, 0.4) is 0 Å². The van der Waals surface area contributed by atoms with Crippen LogP contribution in [0.5, 0.6) is 5.75 Å². The van der Waals surface area contributed by atoms with Crippen molar-refractivity contribution in [3.63, 3.8) is 0 Å². The number of hydrogen-bond acceptors (Lipinski definition) is 5. The van der Waals surface area contributed by atoms with E-state index in [0.717, 1.165) is 10.8 Å². The molecule has 3 rings (SSSR count). The van der Waals surface area contributed by atoms with E-state index >= 15 is 0 Å². The van der Waals surface area contributed by atoms with Crippen LogP contribution in [0.15, 0.2) is 77.2 Å². The average molecular weight is 378 g/mol. The van der Waals surface area contributed by atoms with Gasteiger partial charge in [0.1, 0.15) is 22.3 Å². The molecule has 0 aliphatic rings. The molecule has 6 nitrogen and oxygen atoms in total. The predicted octanol–water partition coefficient (Wildman–Crippen LogP) is 3.00. The van der Waals surface area contributed by atoms with Crippen LogP contribution in [0.1, 0.15) is 5.56 Å². The Kier molecular flexibility index (Phi) is 4.92. The molecule has 1 amide bonds. The van der Waals surface area contributed by atoms with Crippen LogP contribution in [0.2, 0.25) is 0 Å². The van der Waals surface area contributed by atoms with Gasteiger partial charge in [0, 0.05) is 5.56 Å². The summed E-state index contributed by atoms with van der Waals surface area (Å²) in [7, 11) is -4.12. The number of benzene rings is 3. The third-order valence-electron chi connectivity index (χ3n) is 3.81. The molecule has 0 saturated heterocycles. The number of fused-ring (bicyclic) bond motifs is 1. The molecular formula is C20H14N2O4S. The van der Waals surface area contributed by atoms with Crippen molar-refractivity contribution in [2.75, 3.05) is 0 Å². The van der Waals surface area contributed by atoms with Crippen molar-refractivity contribution in [2.24, 2.45) is 5.73 Å². The van der Waals surface area contributed by atoms with E-state index in [1.807, 2.05) is 18.2 Å². The number of primary amides is 1. The number of hydrogen-bond donors (Lipinski definition) is 1. The first-order valence-electron chi connectivity index (χ1n) is 7.84. The lowest BCUT2D eigenvalue weighted by Gasteiger charge is -2.10. The first-order chi connectivity index (χ1) is 12.9. The third kappa shape index (κ3) is 3.97. The summed E-state index contributed by atoms with van der Waals surface area (Å²) in [5.41, 5.74) is 5.06. The van der Waals surface area contributed by atoms with Gasteiger partial charge in [0.25, 0.3) is 5.91 Å². The van der Waals surface area contributed by atoms with Crippen LogP contribution >= 0.6 is 0 Å². The van der Waals surface area contributed by atoms with Crippen molar-refractivity contribution < 1.29 is 17.4 Å². The zero-order chi connectivity index (χ0) is 19.4. The predicted molar refractivity (Wildman–Crippen MR) is 101 cm³/mol. The Morgan fingerprint density at radius 1 is 1.00 bits per heavy atom. The molecule has 0 bridgehead atoms. The SMILES string of the molecule is N#CC(=Cc1ccccc1OS(=O)(=O)c1ccc2ccccc2c1)C(N)=O. The van der Waals surface area contributed by atoms with Gasteiger partial charge in [-0.2, -0.15) is 13.7 Å². The molecule has 7 heteroatoms. The molecular weight excluding hydrogens is 364 g/mol. The minimum atomic E-state index is -4.12. The molecule has 134 valence electrons. The Morgan fingerprint density at radius 3 is 2.37 bits per heavy atom. The van der Waals surface area contributed by atoms with E-state index < -0.39 is 16.0 Å². The molecule has 27 heavy (non-hydrogen) atoms. The van der Waals surface area contributed by atoms with Gasteiger partial charge in [-0.1, -0.05) is 48.5 Å². The fourth-order valence-corrected chi connectivity index (χ4v) is 3.47. The molecule has 0 heterocycles. The lowest BCUT2D eigenvalue weighted by atomic mass is 10.1. The number of carbonyl (C=O) groups excluding carboxylic acids is 1. The van der Waals surface area contributed by atoms with Crippen LogP contribution in [-0.2, 0) is 14.9 Å². The number of para-hydroxylation sites is 1. The molecule has 3 aromatic carbocycles. The summed E-state index contributed by atoms with van der Waals surface area (Å²) < 4.78 is 30.6.